The lowest BCUT2D eigenvalue weighted by atomic mass is 10.4. The van der Waals surface area contributed by atoms with E-state index in [2.05, 4.69) is 12.2 Å². The molecule has 2 unspecified atom stereocenters. The Hall–Kier alpha value is -1.05. The molecule has 2 nitrogen and oxygen atoms in total. The van der Waals surface area contributed by atoms with E-state index in [1.54, 1.807) is 12.2 Å². The maximum absolute atomic E-state index is 11.1. The van der Waals surface area contributed by atoms with E-state index in [0.717, 1.165) is 6.42 Å². The molecule has 0 saturated heterocycles. The lowest BCUT2D eigenvalue weighted by Gasteiger charge is -1.96. The standard InChI is InChI=1S/C10H15NO/c1-3-4-5-6-10(12)11-9-7-8(9)2/h3-6,8-9H,7H2,1-2H3,(H,11,12)/b4-3+,6-5+. The van der Waals surface area contributed by atoms with Crippen LogP contribution in [0.1, 0.15) is 20.3 Å². The SMILES string of the molecule is C/C=C/C=C/C(=O)NC1CC1C. The van der Waals surface area contributed by atoms with E-state index in [1.165, 1.54) is 0 Å². The number of nitrogens with one attached hydrogen (secondary N) is 1. The average Bonchev–Trinajstić information content (AvgIpc) is 2.67. The quantitative estimate of drug-likeness (QED) is 0.500. The summed E-state index contributed by atoms with van der Waals surface area (Å²) in [5.74, 6) is 0.687. The molecule has 0 bridgehead atoms. The van der Waals surface area contributed by atoms with Crippen molar-refractivity contribution in [3.05, 3.63) is 24.3 Å². The number of carbonyl (C=O) groups excluding carboxylic acids is 1. The number of amides is 1. The van der Waals surface area contributed by atoms with Gasteiger partial charge in [-0.2, -0.15) is 0 Å². The Morgan fingerprint density at radius 3 is 2.67 bits per heavy atom. The Balaban J connectivity index is 2.20. The van der Waals surface area contributed by atoms with Gasteiger partial charge in [0.2, 0.25) is 5.91 Å². The zero-order valence-corrected chi connectivity index (χ0v) is 7.58. The highest BCUT2D eigenvalue weighted by atomic mass is 16.1. The third kappa shape index (κ3) is 2.91. The molecule has 0 aromatic carbocycles. The Morgan fingerprint density at radius 2 is 2.17 bits per heavy atom. The molecule has 1 fully saturated rings. The van der Waals surface area contributed by atoms with E-state index >= 15 is 0 Å². The summed E-state index contributed by atoms with van der Waals surface area (Å²) in [6.45, 7) is 4.06. The highest BCUT2D eigenvalue weighted by Crippen LogP contribution is 2.28. The van der Waals surface area contributed by atoms with Crippen LogP contribution in [0, 0.1) is 5.92 Å². The van der Waals surface area contributed by atoms with E-state index in [-0.39, 0.29) is 5.91 Å². The van der Waals surface area contributed by atoms with Crippen molar-refractivity contribution in [2.24, 2.45) is 5.92 Å². The molecular weight excluding hydrogens is 150 g/mol. The molecule has 1 aliphatic rings. The minimum absolute atomic E-state index is 0.0162. The summed E-state index contributed by atoms with van der Waals surface area (Å²) >= 11 is 0. The van der Waals surface area contributed by atoms with Gasteiger partial charge in [-0.25, -0.2) is 0 Å². The van der Waals surface area contributed by atoms with Crippen LogP contribution in [0.15, 0.2) is 24.3 Å². The Morgan fingerprint density at radius 1 is 1.50 bits per heavy atom. The number of allylic oxidation sites excluding steroid dienone is 3. The normalized spacial score (nSPS) is 28.2. The minimum Gasteiger partial charge on any atom is -0.350 e. The maximum atomic E-state index is 11.1. The van der Waals surface area contributed by atoms with Crippen molar-refractivity contribution in [2.75, 3.05) is 0 Å². The molecule has 1 saturated carbocycles. The Bertz CT molecular complexity index is 218. The van der Waals surface area contributed by atoms with Gasteiger partial charge in [0.25, 0.3) is 0 Å². The molecule has 0 spiro atoms. The molecule has 0 aliphatic heterocycles. The van der Waals surface area contributed by atoms with E-state index in [4.69, 9.17) is 0 Å². The summed E-state index contributed by atoms with van der Waals surface area (Å²) in [7, 11) is 0. The summed E-state index contributed by atoms with van der Waals surface area (Å²) in [6.07, 6.45) is 8.18. The van der Waals surface area contributed by atoms with Crippen molar-refractivity contribution in [1.29, 1.82) is 0 Å². The predicted molar refractivity (Wildman–Crippen MR) is 49.7 cm³/mol. The number of rotatable bonds is 3. The molecular formula is C10H15NO. The fourth-order valence-electron chi connectivity index (χ4n) is 1.01. The first kappa shape index (κ1) is 9.04. The average molecular weight is 165 g/mol. The van der Waals surface area contributed by atoms with Gasteiger partial charge < -0.3 is 5.32 Å². The zero-order chi connectivity index (χ0) is 8.97. The van der Waals surface area contributed by atoms with Gasteiger partial charge in [0, 0.05) is 12.1 Å². The van der Waals surface area contributed by atoms with Crippen molar-refractivity contribution in [3.8, 4) is 0 Å². The van der Waals surface area contributed by atoms with E-state index in [9.17, 15) is 4.79 Å². The summed E-state index contributed by atoms with van der Waals surface area (Å²) in [5.41, 5.74) is 0. The fraction of sp³-hybridized carbons (Fsp3) is 0.500. The van der Waals surface area contributed by atoms with E-state index in [1.807, 2.05) is 19.1 Å². The highest BCUT2D eigenvalue weighted by Gasteiger charge is 2.33. The van der Waals surface area contributed by atoms with Crippen LogP contribution >= 0.6 is 0 Å². The first-order valence-corrected chi connectivity index (χ1v) is 4.34. The van der Waals surface area contributed by atoms with Crippen LogP contribution in [0.25, 0.3) is 0 Å². The topological polar surface area (TPSA) is 29.1 Å². The lowest BCUT2D eigenvalue weighted by Crippen LogP contribution is -2.24. The first-order valence-electron chi connectivity index (χ1n) is 4.34. The molecule has 1 rings (SSSR count). The van der Waals surface area contributed by atoms with Crippen LogP contribution < -0.4 is 5.32 Å². The van der Waals surface area contributed by atoms with Crippen LogP contribution in [0.4, 0.5) is 0 Å². The van der Waals surface area contributed by atoms with Gasteiger partial charge in [0.1, 0.15) is 0 Å². The molecule has 0 aromatic rings. The summed E-state index contributed by atoms with van der Waals surface area (Å²) in [6, 6.07) is 0.424. The van der Waals surface area contributed by atoms with Crippen LogP contribution in [0.2, 0.25) is 0 Å². The Kier molecular flexibility index (Phi) is 3.09. The minimum atomic E-state index is 0.0162. The Labute approximate surface area is 73.4 Å². The highest BCUT2D eigenvalue weighted by molar-refractivity contribution is 5.88. The van der Waals surface area contributed by atoms with E-state index < -0.39 is 0 Å². The van der Waals surface area contributed by atoms with Crippen molar-refractivity contribution in [1.82, 2.24) is 5.32 Å². The smallest absolute Gasteiger partial charge is 0.244 e. The van der Waals surface area contributed by atoms with Gasteiger partial charge in [-0.05, 0) is 19.3 Å². The number of carbonyl (C=O) groups is 1. The van der Waals surface area contributed by atoms with Gasteiger partial charge in [0.05, 0.1) is 0 Å². The second-order valence-electron chi connectivity index (χ2n) is 3.21. The van der Waals surface area contributed by atoms with Gasteiger partial charge in [-0.3, -0.25) is 4.79 Å². The van der Waals surface area contributed by atoms with E-state index in [0.29, 0.717) is 12.0 Å². The third-order valence-electron chi connectivity index (χ3n) is 1.99. The van der Waals surface area contributed by atoms with Crippen molar-refractivity contribution >= 4 is 5.91 Å². The van der Waals surface area contributed by atoms with Crippen molar-refractivity contribution in [3.63, 3.8) is 0 Å². The maximum Gasteiger partial charge on any atom is 0.244 e. The second kappa shape index (κ2) is 4.10. The fourth-order valence-corrected chi connectivity index (χ4v) is 1.01. The third-order valence-corrected chi connectivity index (χ3v) is 1.99. The first-order chi connectivity index (χ1) is 5.74. The van der Waals surface area contributed by atoms with Gasteiger partial charge in [-0.1, -0.05) is 25.2 Å². The molecule has 0 heterocycles. The lowest BCUT2D eigenvalue weighted by molar-refractivity contribution is -0.116. The predicted octanol–water partition coefficient (Wildman–Crippen LogP) is 1.64. The molecule has 2 atom stereocenters. The molecule has 2 heteroatoms. The van der Waals surface area contributed by atoms with Crippen LogP contribution in [0.3, 0.4) is 0 Å². The molecule has 0 radical (unpaired) electrons. The second-order valence-corrected chi connectivity index (χ2v) is 3.21. The summed E-state index contributed by atoms with van der Waals surface area (Å²) in [4.78, 5) is 11.1. The summed E-state index contributed by atoms with van der Waals surface area (Å²) in [5, 5.41) is 2.90. The number of hydrogen-bond donors (Lipinski definition) is 1. The van der Waals surface area contributed by atoms with Crippen LogP contribution in [0.5, 0.6) is 0 Å². The monoisotopic (exact) mass is 165 g/mol. The molecule has 0 aromatic heterocycles. The largest absolute Gasteiger partial charge is 0.350 e. The van der Waals surface area contributed by atoms with Crippen molar-refractivity contribution in [2.45, 2.75) is 26.3 Å². The van der Waals surface area contributed by atoms with Gasteiger partial charge >= 0.3 is 0 Å². The van der Waals surface area contributed by atoms with Crippen molar-refractivity contribution < 1.29 is 4.79 Å². The molecule has 12 heavy (non-hydrogen) atoms. The summed E-state index contributed by atoms with van der Waals surface area (Å²) < 4.78 is 0. The number of hydrogen-bond acceptors (Lipinski definition) is 1. The van der Waals surface area contributed by atoms with Crippen LogP contribution in [-0.4, -0.2) is 11.9 Å². The van der Waals surface area contributed by atoms with Gasteiger partial charge in [0.15, 0.2) is 0 Å². The molecule has 66 valence electrons. The molecule has 1 aliphatic carbocycles. The van der Waals surface area contributed by atoms with Crippen LogP contribution in [-0.2, 0) is 4.79 Å². The zero-order valence-electron chi connectivity index (χ0n) is 7.58. The molecule has 1 N–H and O–H groups in total. The van der Waals surface area contributed by atoms with Gasteiger partial charge in [-0.15, -0.1) is 0 Å². The molecule has 1 amide bonds.